The molecule has 3 aromatic rings. The average Bonchev–Trinajstić information content (AvgIpc) is 3.43. The predicted molar refractivity (Wildman–Crippen MR) is 124 cm³/mol. The number of fused-ring (bicyclic) bond motifs is 1. The summed E-state index contributed by atoms with van der Waals surface area (Å²) in [5.74, 6) is -0.111. The first kappa shape index (κ1) is 22.3. The second-order valence-electron chi connectivity index (χ2n) is 8.04. The molecule has 168 valence electrons. The second-order valence-corrected chi connectivity index (χ2v) is 9.86. The van der Waals surface area contributed by atoms with Crippen molar-refractivity contribution in [1.29, 1.82) is 0 Å². The Morgan fingerprint density at radius 3 is 2.61 bits per heavy atom. The number of aromatic nitrogens is 2. The van der Waals surface area contributed by atoms with E-state index in [1.54, 1.807) is 29.2 Å². The number of likely N-dealkylation sites (tertiary alicyclic amines) is 1. The van der Waals surface area contributed by atoms with Crippen LogP contribution in [0.2, 0.25) is 0 Å². The molecule has 1 unspecified atom stereocenters. The number of anilines is 1. The molecule has 1 aliphatic rings. The lowest BCUT2D eigenvalue weighted by molar-refractivity contribution is -0.128. The fraction of sp³-hybridized carbons (Fsp3) is 0.304. The van der Waals surface area contributed by atoms with Crippen LogP contribution in [-0.4, -0.2) is 60.9 Å². The highest BCUT2D eigenvalue weighted by molar-refractivity contribution is 7.90. The van der Waals surface area contributed by atoms with Crippen LogP contribution in [0.15, 0.2) is 53.7 Å². The summed E-state index contributed by atoms with van der Waals surface area (Å²) in [6, 6.07) is 9.67. The van der Waals surface area contributed by atoms with Gasteiger partial charge in [-0.2, -0.15) is 0 Å². The van der Waals surface area contributed by atoms with Crippen molar-refractivity contribution >= 4 is 38.3 Å². The minimum atomic E-state index is -3.86. The molecule has 0 bridgehead atoms. The fourth-order valence-corrected chi connectivity index (χ4v) is 5.70. The molecule has 3 heterocycles. The minimum Gasteiger partial charge on any atom is -0.378 e. The molecule has 10 heteroatoms. The highest BCUT2D eigenvalue weighted by atomic mass is 32.2. The molecule has 4 rings (SSSR count). The first-order chi connectivity index (χ1) is 15.8. The smallest absolute Gasteiger partial charge is 0.302 e. The van der Waals surface area contributed by atoms with E-state index in [9.17, 15) is 13.2 Å². The SMILES string of the molecule is [C-]#[N+]CC(=O)N1CC(N(C)c2c([N+]#[C-])cnc3c2ccn3S(=O)(=O)c2ccccc2)[C@H](C)C1. The van der Waals surface area contributed by atoms with Gasteiger partial charge >= 0.3 is 5.91 Å². The topological polar surface area (TPSA) is 84.2 Å². The standard InChI is InChI=1S/C23H22N6O3S/c1-16-14-28(21(30)13-24-2)15-20(16)27(4)22-18-10-11-29(23(18)26-12-19(22)25-3)33(31,32)17-8-6-5-7-9-17/h5-12,16,20H,13-15H2,1,4H3/t16-,20?/m1/s1. The van der Waals surface area contributed by atoms with E-state index in [0.29, 0.717) is 29.9 Å². The molecule has 1 aliphatic heterocycles. The van der Waals surface area contributed by atoms with Gasteiger partial charge in [-0.25, -0.2) is 28.8 Å². The minimum absolute atomic E-state index is 0.0973. The van der Waals surface area contributed by atoms with Gasteiger partial charge in [0.15, 0.2) is 5.65 Å². The summed E-state index contributed by atoms with van der Waals surface area (Å²) in [5.41, 5.74) is 1.12. The lowest BCUT2D eigenvalue weighted by atomic mass is 10.0. The molecule has 1 saturated heterocycles. The van der Waals surface area contributed by atoms with E-state index in [4.69, 9.17) is 13.1 Å². The lowest BCUT2D eigenvalue weighted by Crippen LogP contribution is -2.39. The molecule has 1 amide bonds. The maximum absolute atomic E-state index is 13.2. The number of carbonyl (C=O) groups excluding carboxylic acids is 1. The molecule has 2 aromatic heterocycles. The first-order valence-corrected chi connectivity index (χ1v) is 11.8. The largest absolute Gasteiger partial charge is 0.378 e. The number of nitrogens with zero attached hydrogens (tertiary/aromatic N) is 6. The van der Waals surface area contributed by atoms with Gasteiger partial charge in [0.25, 0.3) is 16.6 Å². The number of hydrogen-bond donors (Lipinski definition) is 0. The molecule has 9 nitrogen and oxygen atoms in total. The molecule has 0 spiro atoms. The van der Waals surface area contributed by atoms with Crippen molar-refractivity contribution in [2.24, 2.45) is 5.92 Å². The Bertz CT molecular complexity index is 1400. The monoisotopic (exact) mass is 462 g/mol. The summed E-state index contributed by atoms with van der Waals surface area (Å²) in [4.78, 5) is 27.1. The number of amides is 1. The Morgan fingerprint density at radius 1 is 1.21 bits per heavy atom. The Morgan fingerprint density at radius 2 is 1.94 bits per heavy atom. The van der Waals surface area contributed by atoms with Crippen LogP contribution in [0.3, 0.4) is 0 Å². The van der Waals surface area contributed by atoms with Gasteiger partial charge < -0.3 is 14.6 Å². The Hall–Kier alpha value is -3.89. The number of hydrogen-bond acceptors (Lipinski definition) is 5. The Labute approximate surface area is 192 Å². The van der Waals surface area contributed by atoms with Crippen LogP contribution in [0, 0.1) is 19.1 Å². The van der Waals surface area contributed by atoms with Crippen molar-refractivity contribution < 1.29 is 13.2 Å². The normalized spacial score (nSPS) is 18.1. The fourth-order valence-electron chi connectivity index (χ4n) is 4.38. The van der Waals surface area contributed by atoms with E-state index in [0.717, 1.165) is 3.97 Å². The van der Waals surface area contributed by atoms with Crippen molar-refractivity contribution in [2.75, 3.05) is 31.6 Å². The van der Waals surface area contributed by atoms with Gasteiger partial charge in [-0.05, 0) is 24.1 Å². The van der Waals surface area contributed by atoms with E-state index in [-0.39, 0.29) is 35.0 Å². The van der Waals surface area contributed by atoms with Gasteiger partial charge in [0.1, 0.15) is 0 Å². The molecule has 0 aliphatic carbocycles. The summed E-state index contributed by atoms with van der Waals surface area (Å²) < 4.78 is 27.6. The predicted octanol–water partition coefficient (Wildman–Crippen LogP) is 3.03. The maximum Gasteiger partial charge on any atom is 0.302 e. The third-order valence-electron chi connectivity index (χ3n) is 6.04. The van der Waals surface area contributed by atoms with Crippen LogP contribution in [0.4, 0.5) is 11.4 Å². The number of pyridine rings is 1. The molecule has 1 aromatic carbocycles. The molecule has 2 atom stereocenters. The van der Waals surface area contributed by atoms with Crippen LogP contribution in [0.5, 0.6) is 0 Å². The molecule has 0 N–H and O–H groups in total. The van der Waals surface area contributed by atoms with Gasteiger partial charge in [0, 0.05) is 44.0 Å². The third kappa shape index (κ3) is 3.79. The number of benzene rings is 1. The van der Waals surface area contributed by atoms with Crippen LogP contribution >= 0.6 is 0 Å². The molecule has 0 radical (unpaired) electrons. The average molecular weight is 463 g/mol. The summed E-state index contributed by atoms with van der Waals surface area (Å²) in [5, 5.41) is 0.545. The summed E-state index contributed by atoms with van der Waals surface area (Å²) in [7, 11) is -2.02. The zero-order valence-corrected chi connectivity index (χ0v) is 19.0. The van der Waals surface area contributed by atoms with Crippen molar-refractivity contribution in [1.82, 2.24) is 13.9 Å². The number of carbonyl (C=O) groups is 1. The summed E-state index contributed by atoms with van der Waals surface area (Å²) in [6.45, 7) is 17.4. The van der Waals surface area contributed by atoms with Crippen LogP contribution < -0.4 is 4.90 Å². The quantitative estimate of drug-likeness (QED) is 0.544. The van der Waals surface area contributed by atoms with Gasteiger partial charge in [-0.3, -0.25) is 4.79 Å². The third-order valence-corrected chi connectivity index (χ3v) is 7.72. The van der Waals surface area contributed by atoms with Crippen molar-refractivity contribution in [3.63, 3.8) is 0 Å². The molecule has 0 saturated carbocycles. The highest BCUT2D eigenvalue weighted by Crippen LogP contribution is 2.39. The van der Waals surface area contributed by atoms with Crippen LogP contribution in [-0.2, 0) is 14.8 Å². The first-order valence-electron chi connectivity index (χ1n) is 10.3. The van der Waals surface area contributed by atoms with E-state index < -0.39 is 10.0 Å². The van der Waals surface area contributed by atoms with Gasteiger partial charge in [-0.15, -0.1) is 0 Å². The zero-order valence-electron chi connectivity index (χ0n) is 18.2. The van der Waals surface area contributed by atoms with Crippen molar-refractivity contribution in [3.05, 3.63) is 71.6 Å². The Kier molecular flexibility index (Phi) is 5.79. The summed E-state index contributed by atoms with van der Waals surface area (Å²) in [6.07, 6.45) is 2.84. The summed E-state index contributed by atoms with van der Waals surface area (Å²) >= 11 is 0. The van der Waals surface area contributed by atoms with E-state index in [2.05, 4.69) is 14.7 Å². The van der Waals surface area contributed by atoms with E-state index in [1.165, 1.54) is 24.5 Å². The molecule has 33 heavy (non-hydrogen) atoms. The van der Waals surface area contributed by atoms with Gasteiger partial charge in [0.05, 0.1) is 17.2 Å². The van der Waals surface area contributed by atoms with Gasteiger partial charge in [-0.1, -0.05) is 25.1 Å². The van der Waals surface area contributed by atoms with E-state index in [1.807, 2.05) is 18.9 Å². The second kappa shape index (κ2) is 8.57. The number of rotatable bonds is 5. The molecular formula is C23H22N6O3S. The van der Waals surface area contributed by atoms with Crippen molar-refractivity contribution in [3.8, 4) is 0 Å². The van der Waals surface area contributed by atoms with Crippen molar-refractivity contribution in [2.45, 2.75) is 17.9 Å². The highest BCUT2D eigenvalue weighted by Gasteiger charge is 2.37. The molecular weight excluding hydrogens is 440 g/mol. The van der Waals surface area contributed by atoms with Gasteiger partial charge in [0.2, 0.25) is 5.69 Å². The zero-order chi connectivity index (χ0) is 23.8. The maximum atomic E-state index is 13.2. The lowest BCUT2D eigenvalue weighted by Gasteiger charge is -2.30. The number of likely N-dealkylation sites (N-methyl/N-ethyl adjacent to an activating group) is 1. The Balaban J connectivity index is 1.78. The molecule has 1 fully saturated rings. The van der Waals surface area contributed by atoms with E-state index >= 15 is 0 Å². The van der Waals surface area contributed by atoms with Crippen LogP contribution in [0.1, 0.15) is 6.92 Å². The van der Waals surface area contributed by atoms with Crippen LogP contribution in [0.25, 0.3) is 20.7 Å².